The van der Waals surface area contributed by atoms with Gasteiger partial charge in [0.1, 0.15) is 0 Å². The van der Waals surface area contributed by atoms with E-state index < -0.39 is 0 Å². The largest absolute Gasteiger partial charge is 0.369 e. The molecular weight excluding hydrogens is 338 g/mol. The van der Waals surface area contributed by atoms with Crippen LogP contribution in [0.2, 0.25) is 0 Å². The molecule has 148 valence electrons. The van der Waals surface area contributed by atoms with Crippen molar-refractivity contribution in [1.29, 1.82) is 0 Å². The minimum absolute atomic E-state index is 0.0413. The molecule has 5 nitrogen and oxygen atoms in total. The van der Waals surface area contributed by atoms with E-state index in [0.29, 0.717) is 11.1 Å². The third kappa shape index (κ3) is 5.17. The Labute approximate surface area is 163 Å². The maximum Gasteiger partial charge on any atom is 0.166 e. The standard InChI is InChI=1S/C22H33N3O2/c1-17(2)22(27)21-15-20(4-3-19(21)16-26)25-13-11-24(12-14-25)10-7-18-5-8-23-9-6-18/h3-4,15-18,23H,5-14H2,1-2H3. The summed E-state index contributed by atoms with van der Waals surface area (Å²) in [6, 6.07) is 5.68. The normalized spacial score (nSPS) is 19.4. The summed E-state index contributed by atoms with van der Waals surface area (Å²) in [6.45, 7) is 11.4. The highest BCUT2D eigenvalue weighted by atomic mass is 16.1. The first-order valence-corrected chi connectivity index (χ1v) is 10.4. The van der Waals surface area contributed by atoms with E-state index in [2.05, 4.69) is 15.1 Å². The van der Waals surface area contributed by atoms with Crippen molar-refractivity contribution in [1.82, 2.24) is 10.2 Å². The van der Waals surface area contributed by atoms with Gasteiger partial charge in [-0.05, 0) is 63.0 Å². The number of Topliss-reactive ketones (excluding diaryl/α,β-unsaturated/α-hetero) is 1. The van der Waals surface area contributed by atoms with Crippen LogP contribution in [0.3, 0.4) is 0 Å². The summed E-state index contributed by atoms with van der Waals surface area (Å²) in [5.74, 6) is 0.815. The van der Waals surface area contributed by atoms with Gasteiger partial charge in [0.25, 0.3) is 0 Å². The van der Waals surface area contributed by atoms with Crippen LogP contribution < -0.4 is 10.2 Å². The first kappa shape index (κ1) is 20.0. The van der Waals surface area contributed by atoms with Gasteiger partial charge >= 0.3 is 0 Å². The molecule has 0 amide bonds. The average molecular weight is 372 g/mol. The van der Waals surface area contributed by atoms with Crippen LogP contribution >= 0.6 is 0 Å². The molecule has 2 saturated heterocycles. The second-order valence-corrected chi connectivity index (χ2v) is 8.22. The molecule has 1 aromatic rings. The molecule has 2 heterocycles. The van der Waals surface area contributed by atoms with Crippen LogP contribution in [-0.4, -0.2) is 62.8 Å². The highest BCUT2D eigenvalue weighted by Gasteiger charge is 2.21. The van der Waals surface area contributed by atoms with Crippen LogP contribution in [0.25, 0.3) is 0 Å². The van der Waals surface area contributed by atoms with Crippen LogP contribution in [0.4, 0.5) is 5.69 Å². The molecule has 2 aliphatic rings. The SMILES string of the molecule is CC(C)C(=O)c1cc(N2CCN(CCC3CCNCC3)CC2)ccc1C=O. The molecule has 0 aromatic heterocycles. The summed E-state index contributed by atoms with van der Waals surface area (Å²) in [5, 5.41) is 3.44. The lowest BCUT2D eigenvalue weighted by molar-refractivity contribution is 0.0934. The predicted octanol–water partition coefficient (Wildman–Crippen LogP) is 2.85. The average Bonchev–Trinajstić information content (AvgIpc) is 2.72. The summed E-state index contributed by atoms with van der Waals surface area (Å²) in [5.41, 5.74) is 2.12. The fourth-order valence-electron chi connectivity index (χ4n) is 4.13. The van der Waals surface area contributed by atoms with Gasteiger partial charge in [-0.2, -0.15) is 0 Å². The molecule has 2 aliphatic heterocycles. The van der Waals surface area contributed by atoms with Gasteiger partial charge in [0.15, 0.2) is 12.1 Å². The van der Waals surface area contributed by atoms with Gasteiger partial charge in [0.05, 0.1) is 0 Å². The summed E-state index contributed by atoms with van der Waals surface area (Å²) < 4.78 is 0. The van der Waals surface area contributed by atoms with Gasteiger partial charge in [-0.15, -0.1) is 0 Å². The molecule has 1 aromatic carbocycles. The van der Waals surface area contributed by atoms with Crippen LogP contribution in [0.1, 0.15) is 53.8 Å². The zero-order chi connectivity index (χ0) is 19.2. The lowest BCUT2D eigenvalue weighted by atomic mass is 9.94. The molecule has 27 heavy (non-hydrogen) atoms. The highest BCUT2D eigenvalue weighted by molar-refractivity contribution is 6.04. The molecule has 3 rings (SSSR count). The van der Waals surface area contributed by atoms with Crippen molar-refractivity contribution in [3.63, 3.8) is 0 Å². The molecule has 0 radical (unpaired) electrons. The predicted molar refractivity (Wildman–Crippen MR) is 110 cm³/mol. The van der Waals surface area contributed by atoms with Gasteiger partial charge < -0.3 is 10.2 Å². The van der Waals surface area contributed by atoms with E-state index in [1.165, 1.54) is 38.9 Å². The molecular formula is C22H33N3O2. The molecule has 0 bridgehead atoms. The Morgan fingerprint density at radius 2 is 1.89 bits per heavy atom. The molecule has 0 aliphatic carbocycles. The van der Waals surface area contributed by atoms with Crippen molar-refractivity contribution in [3.8, 4) is 0 Å². The second-order valence-electron chi connectivity index (χ2n) is 8.22. The summed E-state index contributed by atoms with van der Waals surface area (Å²) in [4.78, 5) is 28.7. The fraction of sp³-hybridized carbons (Fsp3) is 0.636. The minimum atomic E-state index is -0.106. The van der Waals surface area contributed by atoms with E-state index in [4.69, 9.17) is 0 Å². The van der Waals surface area contributed by atoms with E-state index in [-0.39, 0.29) is 11.7 Å². The second kappa shape index (κ2) is 9.47. The number of carbonyl (C=O) groups excluding carboxylic acids is 2. The van der Waals surface area contributed by atoms with Crippen molar-refractivity contribution >= 4 is 17.8 Å². The van der Waals surface area contributed by atoms with Crippen molar-refractivity contribution < 1.29 is 9.59 Å². The molecule has 2 fully saturated rings. The number of aldehydes is 1. The highest BCUT2D eigenvalue weighted by Crippen LogP contribution is 2.23. The Hall–Kier alpha value is -1.72. The van der Waals surface area contributed by atoms with Crippen molar-refractivity contribution in [2.45, 2.75) is 33.1 Å². The number of nitrogens with zero attached hydrogens (tertiary/aromatic N) is 2. The number of hydrogen-bond donors (Lipinski definition) is 1. The number of benzene rings is 1. The van der Waals surface area contributed by atoms with E-state index in [1.807, 2.05) is 26.0 Å². The number of ketones is 1. The Kier molecular flexibility index (Phi) is 7.02. The first-order valence-electron chi connectivity index (χ1n) is 10.4. The monoisotopic (exact) mass is 371 g/mol. The Bertz CT molecular complexity index is 645. The van der Waals surface area contributed by atoms with E-state index in [1.54, 1.807) is 6.07 Å². The lowest BCUT2D eigenvalue weighted by Crippen LogP contribution is -2.47. The number of nitrogens with one attached hydrogen (secondary N) is 1. The molecule has 1 N–H and O–H groups in total. The smallest absolute Gasteiger partial charge is 0.166 e. The maximum atomic E-state index is 12.5. The van der Waals surface area contributed by atoms with Crippen LogP contribution in [0.15, 0.2) is 18.2 Å². The number of piperidine rings is 1. The van der Waals surface area contributed by atoms with Crippen molar-refractivity contribution in [2.24, 2.45) is 11.8 Å². The van der Waals surface area contributed by atoms with Gasteiger partial charge in [-0.3, -0.25) is 14.5 Å². The number of anilines is 1. The number of piperazine rings is 1. The van der Waals surface area contributed by atoms with Gasteiger partial charge in [0, 0.05) is 48.9 Å². The van der Waals surface area contributed by atoms with Gasteiger partial charge in [-0.1, -0.05) is 13.8 Å². The fourth-order valence-corrected chi connectivity index (χ4v) is 4.13. The van der Waals surface area contributed by atoms with Gasteiger partial charge in [0.2, 0.25) is 0 Å². The Morgan fingerprint density at radius 3 is 2.52 bits per heavy atom. The quantitative estimate of drug-likeness (QED) is 0.590. The zero-order valence-corrected chi connectivity index (χ0v) is 16.7. The van der Waals surface area contributed by atoms with E-state index in [0.717, 1.165) is 44.1 Å². The molecule has 5 heteroatoms. The maximum absolute atomic E-state index is 12.5. The molecule has 0 atom stereocenters. The summed E-state index contributed by atoms with van der Waals surface area (Å²) >= 11 is 0. The molecule has 0 saturated carbocycles. The van der Waals surface area contributed by atoms with Gasteiger partial charge in [-0.25, -0.2) is 0 Å². The first-order chi connectivity index (χ1) is 13.1. The Balaban J connectivity index is 1.56. The Morgan fingerprint density at radius 1 is 1.19 bits per heavy atom. The van der Waals surface area contributed by atoms with Crippen LogP contribution in [-0.2, 0) is 0 Å². The zero-order valence-electron chi connectivity index (χ0n) is 16.7. The topological polar surface area (TPSA) is 52.7 Å². The van der Waals surface area contributed by atoms with Crippen molar-refractivity contribution in [3.05, 3.63) is 29.3 Å². The lowest BCUT2D eigenvalue weighted by Gasteiger charge is -2.37. The minimum Gasteiger partial charge on any atom is -0.369 e. The van der Waals surface area contributed by atoms with E-state index in [9.17, 15) is 9.59 Å². The summed E-state index contributed by atoms with van der Waals surface area (Å²) in [7, 11) is 0. The number of carbonyl (C=O) groups is 2. The summed E-state index contributed by atoms with van der Waals surface area (Å²) in [6.07, 6.45) is 4.73. The van der Waals surface area contributed by atoms with Crippen LogP contribution in [0, 0.1) is 11.8 Å². The number of hydrogen-bond acceptors (Lipinski definition) is 5. The third-order valence-electron chi connectivity index (χ3n) is 6.00. The van der Waals surface area contributed by atoms with E-state index >= 15 is 0 Å². The number of rotatable bonds is 7. The third-order valence-corrected chi connectivity index (χ3v) is 6.00. The molecule has 0 unspecified atom stereocenters. The van der Waals surface area contributed by atoms with Crippen LogP contribution in [0.5, 0.6) is 0 Å². The molecule has 0 spiro atoms. The van der Waals surface area contributed by atoms with Crippen molar-refractivity contribution in [2.75, 3.05) is 50.7 Å².